The largest absolute Gasteiger partial charge is 0.496 e. The molecule has 0 atom stereocenters. The van der Waals surface area contributed by atoms with Gasteiger partial charge in [0.25, 0.3) is 0 Å². The predicted octanol–water partition coefficient (Wildman–Crippen LogP) is 3.23. The molecule has 80 valence electrons. The van der Waals surface area contributed by atoms with Crippen molar-refractivity contribution in [1.29, 1.82) is 0 Å². The molecule has 0 N–H and O–H groups in total. The van der Waals surface area contributed by atoms with Crippen molar-refractivity contribution < 1.29 is 9.53 Å². The number of unbranched alkanes of at least 4 members (excludes halogenated alkanes) is 1. The lowest BCUT2D eigenvalue weighted by Gasteiger charge is -2.04. The lowest BCUT2D eigenvalue weighted by molar-refractivity contribution is 0.104. The van der Waals surface area contributed by atoms with E-state index in [2.05, 4.69) is 6.92 Å². The average Bonchev–Trinajstić information content (AvgIpc) is 2.29. The number of ether oxygens (including phenoxy) is 1. The van der Waals surface area contributed by atoms with Crippen LogP contribution in [0.1, 0.15) is 30.1 Å². The predicted molar refractivity (Wildman–Crippen MR) is 61.4 cm³/mol. The van der Waals surface area contributed by atoms with Gasteiger partial charge in [0.15, 0.2) is 5.78 Å². The van der Waals surface area contributed by atoms with E-state index in [1.165, 1.54) is 0 Å². The van der Waals surface area contributed by atoms with Crippen molar-refractivity contribution >= 4 is 5.78 Å². The zero-order valence-corrected chi connectivity index (χ0v) is 9.19. The van der Waals surface area contributed by atoms with Crippen LogP contribution in [0, 0.1) is 0 Å². The molecule has 0 fully saturated rings. The Hall–Kier alpha value is -1.57. The first-order valence-corrected chi connectivity index (χ1v) is 5.13. The number of carbonyl (C=O) groups excluding carboxylic acids is 1. The monoisotopic (exact) mass is 204 g/mol. The van der Waals surface area contributed by atoms with Gasteiger partial charge in [-0.15, -0.1) is 0 Å². The van der Waals surface area contributed by atoms with Gasteiger partial charge in [0, 0.05) is 0 Å². The Morgan fingerprint density at radius 2 is 2.13 bits per heavy atom. The van der Waals surface area contributed by atoms with Gasteiger partial charge in [-0.2, -0.15) is 0 Å². The van der Waals surface area contributed by atoms with E-state index < -0.39 is 0 Å². The molecule has 0 saturated heterocycles. The number of benzene rings is 1. The molecule has 0 unspecified atom stereocenters. The Morgan fingerprint density at radius 1 is 1.40 bits per heavy atom. The molecule has 1 rings (SSSR count). The molecule has 0 aliphatic rings. The Kier molecular flexibility index (Phi) is 4.61. The van der Waals surface area contributed by atoms with Crippen LogP contribution in [-0.2, 0) is 0 Å². The summed E-state index contributed by atoms with van der Waals surface area (Å²) in [5.41, 5.74) is 0.618. The number of rotatable bonds is 5. The molecule has 15 heavy (non-hydrogen) atoms. The SMILES string of the molecule is CCC/C=C/C(=O)c1ccccc1OC. The highest BCUT2D eigenvalue weighted by molar-refractivity contribution is 6.06. The van der Waals surface area contributed by atoms with E-state index >= 15 is 0 Å². The fraction of sp³-hybridized carbons (Fsp3) is 0.308. The topological polar surface area (TPSA) is 26.3 Å². The van der Waals surface area contributed by atoms with Gasteiger partial charge in [0.2, 0.25) is 0 Å². The number of carbonyl (C=O) groups is 1. The molecule has 1 aromatic rings. The van der Waals surface area contributed by atoms with Gasteiger partial charge in [-0.1, -0.05) is 31.6 Å². The van der Waals surface area contributed by atoms with Crippen molar-refractivity contribution in [2.45, 2.75) is 19.8 Å². The van der Waals surface area contributed by atoms with E-state index in [-0.39, 0.29) is 5.78 Å². The highest BCUT2D eigenvalue weighted by atomic mass is 16.5. The maximum absolute atomic E-state index is 11.7. The summed E-state index contributed by atoms with van der Waals surface area (Å²) in [6.45, 7) is 2.08. The first-order valence-electron chi connectivity index (χ1n) is 5.13. The average molecular weight is 204 g/mol. The normalized spacial score (nSPS) is 10.5. The number of ketones is 1. The summed E-state index contributed by atoms with van der Waals surface area (Å²) in [7, 11) is 1.57. The van der Waals surface area contributed by atoms with E-state index in [9.17, 15) is 4.79 Å². The van der Waals surface area contributed by atoms with Crippen molar-refractivity contribution in [2.24, 2.45) is 0 Å². The lowest BCUT2D eigenvalue weighted by Crippen LogP contribution is -1.98. The summed E-state index contributed by atoms with van der Waals surface area (Å²) in [5, 5.41) is 0. The third-order valence-electron chi connectivity index (χ3n) is 2.10. The summed E-state index contributed by atoms with van der Waals surface area (Å²) in [6, 6.07) is 7.26. The first kappa shape index (κ1) is 11.5. The zero-order valence-electron chi connectivity index (χ0n) is 9.19. The molecule has 0 saturated carbocycles. The molecular formula is C13H16O2. The van der Waals surface area contributed by atoms with Crippen LogP contribution in [0.25, 0.3) is 0 Å². The van der Waals surface area contributed by atoms with Crippen LogP contribution in [0.2, 0.25) is 0 Å². The summed E-state index contributed by atoms with van der Waals surface area (Å²) in [5.74, 6) is 0.629. The molecular weight excluding hydrogens is 188 g/mol. The molecule has 2 nitrogen and oxygen atoms in total. The van der Waals surface area contributed by atoms with Crippen LogP contribution in [-0.4, -0.2) is 12.9 Å². The molecule has 0 spiro atoms. The van der Waals surface area contributed by atoms with Crippen LogP contribution >= 0.6 is 0 Å². The molecule has 0 aliphatic carbocycles. The zero-order chi connectivity index (χ0) is 11.1. The van der Waals surface area contributed by atoms with E-state index in [1.807, 2.05) is 18.2 Å². The lowest BCUT2D eigenvalue weighted by atomic mass is 10.1. The molecule has 0 radical (unpaired) electrons. The van der Waals surface area contributed by atoms with Gasteiger partial charge in [-0.25, -0.2) is 0 Å². The minimum atomic E-state index is 0.000833. The van der Waals surface area contributed by atoms with Gasteiger partial charge in [-0.05, 0) is 24.6 Å². The molecule has 1 aromatic carbocycles. The molecule has 0 aliphatic heterocycles. The Morgan fingerprint density at radius 3 is 2.80 bits per heavy atom. The number of hydrogen-bond acceptors (Lipinski definition) is 2. The quantitative estimate of drug-likeness (QED) is 0.543. The summed E-state index contributed by atoms with van der Waals surface area (Å²) < 4.78 is 5.12. The minimum absolute atomic E-state index is 0.000833. The van der Waals surface area contributed by atoms with Gasteiger partial charge in [0.1, 0.15) is 5.75 Å². The first-order chi connectivity index (χ1) is 7.29. The number of para-hydroxylation sites is 1. The Balaban J connectivity index is 2.81. The standard InChI is InChI=1S/C13H16O2/c1-3-4-5-9-12(14)11-8-6-7-10-13(11)15-2/h5-10H,3-4H2,1-2H3/b9-5+. The molecule has 0 bridgehead atoms. The smallest absolute Gasteiger partial charge is 0.189 e. The highest BCUT2D eigenvalue weighted by Crippen LogP contribution is 2.18. The van der Waals surface area contributed by atoms with Crippen molar-refractivity contribution in [3.05, 3.63) is 42.0 Å². The maximum Gasteiger partial charge on any atom is 0.189 e. The molecule has 0 aromatic heterocycles. The van der Waals surface area contributed by atoms with Gasteiger partial charge < -0.3 is 4.74 Å². The van der Waals surface area contributed by atoms with Crippen LogP contribution in [0.15, 0.2) is 36.4 Å². The maximum atomic E-state index is 11.7. The van der Waals surface area contributed by atoms with Crippen molar-refractivity contribution in [1.82, 2.24) is 0 Å². The Labute approximate surface area is 90.6 Å². The van der Waals surface area contributed by atoms with Crippen molar-refractivity contribution in [3.63, 3.8) is 0 Å². The third kappa shape index (κ3) is 3.24. The second-order valence-electron chi connectivity index (χ2n) is 3.26. The van der Waals surface area contributed by atoms with Crippen LogP contribution in [0.4, 0.5) is 0 Å². The van der Waals surface area contributed by atoms with Crippen molar-refractivity contribution in [2.75, 3.05) is 7.11 Å². The van der Waals surface area contributed by atoms with Gasteiger partial charge in [-0.3, -0.25) is 4.79 Å². The second-order valence-corrected chi connectivity index (χ2v) is 3.26. The summed E-state index contributed by atoms with van der Waals surface area (Å²) in [6.07, 6.45) is 5.49. The number of hydrogen-bond donors (Lipinski definition) is 0. The van der Waals surface area contributed by atoms with E-state index in [0.717, 1.165) is 12.8 Å². The third-order valence-corrected chi connectivity index (χ3v) is 2.10. The number of allylic oxidation sites excluding steroid dienone is 2. The number of methoxy groups -OCH3 is 1. The minimum Gasteiger partial charge on any atom is -0.496 e. The fourth-order valence-electron chi connectivity index (χ4n) is 1.30. The van der Waals surface area contributed by atoms with Gasteiger partial charge >= 0.3 is 0 Å². The van der Waals surface area contributed by atoms with Crippen LogP contribution in [0.5, 0.6) is 5.75 Å². The Bertz CT molecular complexity index is 353. The molecule has 0 amide bonds. The fourth-order valence-corrected chi connectivity index (χ4v) is 1.30. The van der Waals surface area contributed by atoms with E-state index in [0.29, 0.717) is 11.3 Å². The highest BCUT2D eigenvalue weighted by Gasteiger charge is 2.07. The second kappa shape index (κ2) is 6.02. The van der Waals surface area contributed by atoms with E-state index in [4.69, 9.17) is 4.74 Å². The van der Waals surface area contributed by atoms with Crippen molar-refractivity contribution in [3.8, 4) is 5.75 Å². The van der Waals surface area contributed by atoms with Crippen LogP contribution < -0.4 is 4.74 Å². The molecule has 2 heteroatoms. The summed E-state index contributed by atoms with van der Waals surface area (Å²) >= 11 is 0. The summed E-state index contributed by atoms with van der Waals surface area (Å²) in [4.78, 5) is 11.7. The van der Waals surface area contributed by atoms with E-state index in [1.54, 1.807) is 25.3 Å². The molecule has 0 heterocycles. The van der Waals surface area contributed by atoms with Gasteiger partial charge in [0.05, 0.1) is 12.7 Å². The van der Waals surface area contributed by atoms with Crippen LogP contribution in [0.3, 0.4) is 0 Å².